The van der Waals surface area contributed by atoms with Crippen molar-refractivity contribution in [3.63, 3.8) is 0 Å². The molecule has 17 heavy (non-hydrogen) atoms. The number of halogens is 1. The fourth-order valence-electron chi connectivity index (χ4n) is 2.15. The largest absolute Gasteiger partial charge is 0.398 e. The van der Waals surface area contributed by atoms with E-state index in [1.807, 2.05) is 11.8 Å². The van der Waals surface area contributed by atoms with Gasteiger partial charge < -0.3 is 5.73 Å². The summed E-state index contributed by atoms with van der Waals surface area (Å²) in [5.74, 6) is 0.897. The summed E-state index contributed by atoms with van der Waals surface area (Å²) in [5, 5.41) is 0.644. The van der Waals surface area contributed by atoms with Crippen molar-refractivity contribution < 1.29 is 4.39 Å². The van der Waals surface area contributed by atoms with Crippen LogP contribution in [-0.2, 0) is 6.54 Å². The van der Waals surface area contributed by atoms with Gasteiger partial charge in [-0.1, -0.05) is 13.0 Å². The van der Waals surface area contributed by atoms with Crippen molar-refractivity contribution in [1.29, 1.82) is 0 Å². The number of anilines is 1. The summed E-state index contributed by atoms with van der Waals surface area (Å²) in [6.07, 6.45) is 0. The molecular weight excluding hydrogens is 235 g/mol. The van der Waals surface area contributed by atoms with Crippen molar-refractivity contribution in [2.24, 2.45) is 0 Å². The van der Waals surface area contributed by atoms with Crippen LogP contribution >= 0.6 is 11.8 Å². The second-order valence-electron chi connectivity index (χ2n) is 4.63. The van der Waals surface area contributed by atoms with Gasteiger partial charge in [-0.15, -0.1) is 0 Å². The maximum atomic E-state index is 13.0. The van der Waals surface area contributed by atoms with Gasteiger partial charge in [0.15, 0.2) is 0 Å². The first kappa shape index (κ1) is 12.7. The zero-order valence-corrected chi connectivity index (χ0v) is 11.1. The lowest BCUT2D eigenvalue weighted by Crippen LogP contribution is -2.44. The topological polar surface area (TPSA) is 29.3 Å². The molecule has 2 unspecified atom stereocenters. The van der Waals surface area contributed by atoms with Gasteiger partial charge in [-0.05, 0) is 24.6 Å². The molecule has 2 rings (SSSR count). The van der Waals surface area contributed by atoms with Gasteiger partial charge in [-0.3, -0.25) is 4.90 Å². The Morgan fingerprint density at radius 3 is 2.94 bits per heavy atom. The lowest BCUT2D eigenvalue weighted by atomic mass is 10.1. The number of nitrogens with zero attached hydrogens (tertiary/aromatic N) is 1. The van der Waals surface area contributed by atoms with Gasteiger partial charge in [0.25, 0.3) is 0 Å². The van der Waals surface area contributed by atoms with Crippen molar-refractivity contribution in [2.75, 3.05) is 18.0 Å². The molecule has 4 heteroatoms. The standard InChI is InChI=1S/C13H19FN2S/c1-9-10(2)17-6-5-16(9)8-11-3-4-12(14)7-13(11)15/h3-4,7,9-10H,5-6,8,15H2,1-2H3. The van der Waals surface area contributed by atoms with Crippen LogP contribution in [0.25, 0.3) is 0 Å². The van der Waals surface area contributed by atoms with Crippen LogP contribution in [-0.4, -0.2) is 28.5 Å². The normalized spacial score (nSPS) is 26.1. The number of hydrogen-bond acceptors (Lipinski definition) is 3. The quantitative estimate of drug-likeness (QED) is 0.823. The van der Waals surface area contributed by atoms with Crippen molar-refractivity contribution in [1.82, 2.24) is 4.90 Å². The summed E-state index contributed by atoms with van der Waals surface area (Å²) in [4.78, 5) is 2.42. The number of nitrogens with two attached hydrogens (primary N) is 1. The molecule has 2 nitrogen and oxygen atoms in total. The first-order valence-corrected chi connectivity index (χ1v) is 7.02. The van der Waals surface area contributed by atoms with E-state index in [9.17, 15) is 4.39 Å². The lowest BCUT2D eigenvalue weighted by molar-refractivity contribution is 0.205. The molecule has 0 amide bonds. The van der Waals surface area contributed by atoms with E-state index in [0.29, 0.717) is 17.0 Å². The molecule has 0 bridgehead atoms. The van der Waals surface area contributed by atoms with Gasteiger partial charge in [0, 0.05) is 35.8 Å². The highest BCUT2D eigenvalue weighted by molar-refractivity contribution is 8.00. The van der Waals surface area contributed by atoms with Crippen LogP contribution in [0, 0.1) is 5.82 Å². The Bertz CT molecular complexity index is 397. The fraction of sp³-hybridized carbons (Fsp3) is 0.538. The van der Waals surface area contributed by atoms with Crippen LogP contribution < -0.4 is 5.73 Å². The Hall–Kier alpha value is -0.740. The number of benzene rings is 1. The molecule has 0 spiro atoms. The van der Waals surface area contributed by atoms with E-state index in [4.69, 9.17) is 5.73 Å². The highest BCUT2D eigenvalue weighted by Crippen LogP contribution is 2.26. The van der Waals surface area contributed by atoms with Crippen molar-refractivity contribution >= 4 is 17.4 Å². The predicted molar refractivity (Wildman–Crippen MR) is 72.6 cm³/mol. The molecule has 1 fully saturated rings. The smallest absolute Gasteiger partial charge is 0.125 e. The SMILES string of the molecule is CC1SCCN(Cc2ccc(F)cc2N)C1C. The second kappa shape index (κ2) is 5.27. The van der Waals surface area contributed by atoms with Crippen LogP contribution in [0.2, 0.25) is 0 Å². The molecule has 2 N–H and O–H groups in total. The van der Waals surface area contributed by atoms with Crippen LogP contribution in [0.5, 0.6) is 0 Å². The lowest BCUT2D eigenvalue weighted by Gasteiger charge is -2.37. The number of thioether (sulfide) groups is 1. The molecule has 1 aromatic rings. The van der Waals surface area contributed by atoms with E-state index in [2.05, 4.69) is 18.7 Å². The number of hydrogen-bond donors (Lipinski definition) is 1. The van der Waals surface area contributed by atoms with Crippen LogP contribution in [0.1, 0.15) is 19.4 Å². The summed E-state index contributed by atoms with van der Waals surface area (Å²) in [6, 6.07) is 5.22. The molecular formula is C13H19FN2S. The Morgan fingerprint density at radius 1 is 1.47 bits per heavy atom. The highest BCUT2D eigenvalue weighted by atomic mass is 32.2. The van der Waals surface area contributed by atoms with E-state index in [0.717, 1.165) is 24.4 Å². The maximum absolute atomic E-state index is 13.0. The zero-order chi connectivity index (χ0) is 12.4. The van der Waals surface area contributed by atoms with Gasteiger partial charge in [-0.2, -0.15) is 11.8 Å². The van der Waals surface area contributed by atoms with Gasteiger partial charge >= 0.3 is 0 Å². The molecule has 1 aromatic carbocycles. The van der Waals surface area contributed by atoms with Gasteiger partial charge in [-0.25, -0.2) is 4.39 Å². The summed E-state index contributed by atoms with van der Waals surface area (Å²) < 4.78 is 13.0. The molecule has 1 heterocycles. The van der Waals surface area contributed by atoms with Crippen LogP contribution in [0.4, 0.5) is 10.1 Å². The molecule has 0 aliphatic carbocycles. The summed E-state index contributed by atoms with van der Waals surface area (Å²) in [5.41, 5.74) is 7.43. The van der Waals surface area contributed by atoms with Crippen LogP contribution in [0.3, 0.4) is 0 Å². The summed E-state index contributed by atoms with van der Waals surface area (Å²) in [7, 11) is 0. The Kier molecular flexibility index (Phi) is 3.94. The Balaban J connectivity index is 2.09. The van der Waals surface area contributed by atoms with E-state index in [1.54, 1.807) is 6.07 Å². The number of rotatable bonds is 2. The fourth-order valence-corrected chi connectivity index (χ4v) is 3.31. The van der Waals surface area contributed by atoms with E-state index >= 15 is 0 Å². The van der Waals surface area contributed by atoms with E-state index < -0.39 is 0 Å². The predicted octanol–water partition coefficient (Wildman–Crippen LogP) is 2.73. The highest BCUT2D eigenvalue weighted by Gasteiger charge is 2.25. The molecule has 1 aliphatic rings. The minimum atomic E-state index is -0.262. The molecule has 0 radical (unpaired) electrons. The molecule has 1 aliphatic heterocycles. The Labute approximate surface area is 106 Å². The average molecular weight is 254 g/mol. The number of nitrogen functional groups attached to an aromatic ring is 1. The van der Waals surface area contributed by atoms with Gasteiger partial charge in [0.1, 0.15) is 5.82 Å². The third-order valence-electron chi connectivity index (χ3n) is 3.50. The molecule has 2 atom stereocenters. The first-order chi connectivity index (χ1) is 8.08. The summed E-state index contributed by atoms with van der Waals surface area (Å²) in [6.45, 7) is 6.40. The van der Waals surface area contributed by atoms with E-state index in [1.165, 1.54) is 12.1 Å². The van der Waals surface area contributed by atoms with Crippen molar-refractivity contribution in [2.45, 2.75) is 31.7 Å². The first-order valence-electron chi connectivity index (χ1n) is 5.97. The average Bonchev–Trinajstić information content (AvgIpc) is 2.28. The third kappa shape index (κ3) is 2.93. The molecule has 94 valence electrons. The second-order valence-corrected chi connectivity index (χ2v) is 6.12. The minimum absolute atomic E-state index is 0.262. The Morgan fingerprint density at radius 2 is 2.24 bits per heavy atom. The molecule has 0 saturated carbocycles. The van der Waals surface area contributed by atoms with E-state index in [-0.39, 0.29) is 5.82 Å². The third-order valence-corrected chi connectivity index (χ3v) is 4.83. The molecule has 1 saturated heterocycles. The van der Waals surface area contributed by atoms with Crippen molar-refractivity contribution in [3.05, 3.63) is 29.6 Å². The zero-order valence-electron chi connectivity index (χ0n) is 10.3. The minimum Gasteiger partial charge on any atom is -0.398 e. The maximum Gasteiger partial charge on any atom is 0.125 e. The van der Waals surface area contributed by atoms with Gasteiger partial charge in [0.2, 0.25) is 0 Å². The monoisotopic (exact) mass is 254 g/mol. The van der Waals surface area contributed by atoms with Crippen LogP contribution in [0.15, 0.2) is 18.2 Å². The van der Waals surface area contributed by atoms with Gasteiger partial charge in [0.05, 0.1) is 0 Å². The molecule has 0 aromatic heterocycles. The summed E-state index contributed by atoms with van der Waals surface area (Å²) >= 11 is 2.01. The van der Waals surface area contributed by atoms with Crippen molar-refractivity contribution in [3.8, 4) is 0 Å².